The van der Waals surface area contributed by atoms with Crippen LogP contribution in [0.15, 0.2) is 30.6 Å². The molecule has 0 spiro atoms. The molecule has 1 saturated carbocycles. The van der Waals surface area contributed by atoms with Crippen molar-refractivity contribution in [3.63, 3.8) is 0 Å². The third-order valence-corrected chi connectivity index (χ3v) is 5.87. The Kier molecular flexibility index (Phi) is 5.90. The van der Waals surface area contributed by atoms with Crippen LogP contribution in [0.4, 0.5) is 14.7 Å². The Morgan fingerprint density at radius 2 is 2.03 bits per heavy atom. The normalized spacial score (nSPS) is 18.3. The highest BCUT2D eigenvalue weighted by Crippen LogP contribution is 2.28. The molecule has 174 valence electrons. The monoisotopic (exact) mass is 457 g/mol. The average Bonchev–Trinajstić information content (AvgIpc) is 3.32. The Morgan fingerprint density at radius 3 is 2.82 bits per heavy atom. The number of ether oxygens (including phenoxy) is 2. The number of anilines is 1. The zero-order chi connectivity index (χ0) is 22.9. The van der Waals surface area contributed by atoms with Crippen LogP contribution in [0.5, 0.6) is 0 Å². The molecule has 0 unspecified atom stereocenters. The molecular weight excluding hydrogens is 432 g/mol. The van der Waals surface area contributed by atoms with Gasteiger partial charge in [-0.3, -0.25) is 0 Å². The van der Waals surface area contributed by atoms with Crippen molar-refractivity contribution in [2.75, 3.05) is 25.6 Å². The molecule has 1 aliphatic carbocycles. The van der Waals surface area contributed by atoms with Crippen molar-refractivity contribution < 1.29 is 18.3 Å². The number of rotatable bonds is 9. The number of pyridine rings is 1. The molecule has 4 aromatic heterocycles. The van der Waals surface area contributed by atoms with Crippen LogP contribution < -0.4 is 5.32 Å². The Balaban J connectivity index is 1.33. The second-order valence-electron chi connectivity index (χ2n) is 8.14. The van der Waals surface area contributed by atoms with E-state index in [2.05, 4.69) is 25.4 Å². The quantitative estimate of drug-likeness (QED) is 0.386. The smallest absolute Gasteiger partial charge is 0.256 e. The minimum atomic E-state index is -2.48. The molecule has 11 heteroatoms. The van der Waals surface area contributed by atoms with Crippen LogP contribution in [0.1, 0.15) is 18.7 Å². The molecule has 4 aromatic rings. The SMILES string of the molecule is COCCOC1CC(Nc2ncc3c(-c4ccc5nc(C)n(CC(F)F)c5n4)ccn3n2)C1. The number of halogens is 2. The largest absolute Gasteiger partial charge is 0.382 e. The fourth-order valence-corrected chi connectivity index (χ4v) is 4.10. The van der Waals surface area contributed by atoms with Crippen LogP contribution in [0.25, 0.3) is 27.9 Å². The lowest BCUT2D eigenvalue weighted by atomic mass is 9.89. The van der Waals surface area contributed by atoms with Crippen LogP contribution in [0, 0.1) is 6.92 Å². The van der Waals surface area contributed by atoms with E-state index in [0.29, 0.717) is 41.8 Å². The summed E-state index contributed by atoms with van der Waals surface area (Å²) in [5, 5.41) is 7.90. The molecule has 9 nitrogen and oxygen atoms in total. The van der Waals surface area contributed by atoms with Crippen molar-refractivity contribution in [3.05, 3.63) is 36.4 Å². The fraction of sp³-hybridized carbons (Fsp3) is 0.455. The Morgan fingerprint density at radius 1 is 1.18 bits per heavy atom. The number of methoxy groups -OCH3 is 1. The molecule has 5 rings (SSSR count). The standard InChI is InChI=1S/C22H25F2N7O2/c1-13-26-18-4-3-17(28-21(18)30(13)12-20(23)24)16-5-6-31-19(16)11-25-22(29-31)27-14-9-15(10-14)33-8-7-32-2/h3-6,11,14-15,20H,7-10,12H2,1-2H3,(H,27,29). The summed E-state index contributed by atoms with van der Waals surface area (Å²) in [6, 6.07) is 5.80. The Bertz CT molecular complexity index is 1270. The zero-order valence-corrected chi connectivity index (χ0v) is 18.4. The van der Waals surface area contributed by atoms with Gasteiger partial charge in [-0.2, -0.15) is 0 Å². The molecule has 1 aliphatic rings. The average molecular weight is 457 g/mol. The molecule has 0 aliphatic heterocycles. The van der Waals surface area contributed by atoms with Gasteiger partial charge < -0.3 is 19.4 Å². The number of alkyl halides is 2. The maximum absolute atomic E-state index is 13.0. The topological polar surface area (TPSA) is 91.4 Å². The predicted molar refractivity (Wildman–Crippen MR) is 119 cm³/mol. The van der Waals surface area contributed by atoms with E-state index in [1.807, 2.05) is 18.3 Å². The molecule has 0 saturated heterocycles. The van der Waals surface area contributed by atoms with Crippen molar-refractivity contribution in [1.29, 1.82) is 0 Å². The molecule has 0 radical (unpaired) electrons. The summed E-state index contributed by atoms with van der Waals surface area (Å²) in [6.45, 7) is 2.47. The van der Waals surface area contributed by atoms with E-state index < -0.39 is 13.0 Å². The number of aryl methyl sites for hydroxylation is 1. The van der Waals surface area contributed by atoms with Gasteiger partial charge in [-0.05, 0) is 38.0 Å². The zero-order valence-electron chi connectivity index (χ0n) is 18.4. The minimum Gasteiger partial charge on any atom is -0.382 e. The van der Waals surface area contributed by atoms with Crippen LogP contribution in [0.2, 0.25) is 0 Å². The second-order valence-corrected chi connectivity index (χ2v) is 8.14. The highest BCUT2D eigenvalue weighted by atomic mass is 19.3. The van der Waals surface area contributed by atoms with Crippen molar-refractivity contribution in [3.8, 4) is 11.3 Å². The molecule has 33 heavy (non-hydrogen) atoms. The summed E-state index contributed by atoms with van der Waals surface area (Å²) < 4.78 is 39.9. The predicted octanol–water partition coefficient (Wildman–Crippen LogP) is 3.32. The number of nitrogens with zero attached hydrogens (tertiary/aromatic N) is 6. The van der Waals surface area contributed by atoms with E-state index in [1.54, 1.807) is 30.8 Å². The van der Waals surface area contributed by atoms with Gasteiger partial charge in [0.05, 0.1) is 43.3 Å². The molecule has 0 atom stereocenters. The van der Waals surface area contributed by atoms with E-state index in [9.17, 15) is 8.78 Å². The van der Waals surface area contributed by atoms with Gasteiger partial charge in [0.1, 0.15) is 11.3 Å². The molecule has 0 aromatic carbocycles. The minimum absolute atomic E-state index is 0.239. The number of hydrogen-bond acceptors (Lipinski definition) is 7. The third-order valence-electron chi connectivity index (χ3n) is 5.87. The van der Waals surface area contributed by atoms with Crippen molar-refractivity contribution in [2.45, 2.75) is 44.9 Å². The Labute approximate surface area is 188 Å². The van der Waals surface area contributed by atoms with Gasteiger partial charge in [0.25, 0.3) is 6.43 Å². The summed E-state index contributed by atoms with van der Waals surface area (Å²) in [4.78, 5) is 13.4. The highest BCUT2D eigenvalue weighted by Gasteiger charge is 2.30. The molecule has 1 N–H and O–H groups in total. The molecule has 4 heterocycles. The summed E-state index contributed by atoms with van der Waals surface area (Å²) in [6.07, 6.45) is 3.13. The van der Waals surface area contributed by atoms with E-state index in [4.69, 9.17) is 9.47 Å². The van der Waals surface area contributed by atoms with Gasteiger partial charge in [-0.15, -0.1) is 5.10 Å². The molecule has 0 amide bonds. The maximum atomic E-state index is 13.0. The first-order chi connectivity index (χ1) is 16.0. The molecule has 1 fully saturated rings. The van der Waals surface area contributed by atoms with Crippen LogP contribution >= 0.6 is 0 Å². The van der Waals surface area contributed by atoms with Gasteiger partial charge in [0.2, 0.25) is 5.95 Å². The number of nitrogens with one attached hydrogen (secondary N) is 1. The second kappa shape index (κ2) is 8.99. The summed E-state index contributed by atoms with van der Waals surface area (Å²) in [5.41, 5.74) is 3.28. The summed E-state index contributed by atoms with van der Waals surface area (Å²) >= 11 is 0. The van der Waals surface area contributed by atoms with E-state index in [0.717, 1.165) is 23.9 Å². The number of fused-ring (bicyclic) bond motifs is 2. The van der Waals surface area contributed by atoms with Crippen molar-refractivity contribution >= 4 is 22.6 Å². The van der Waals surface area contributed by atoms with Gasteiger partial charge in [0.15, 0.2) is 5.65 Å². The number of aromatic nitrogens is 6. The lowest BCUT2D eigenvalue weighted by Crippen LogP contribution is -2.41. The lowest BCUT2D eigenvalue weighted by molar-refractivity contribution is -0.0261. The van der Waals surface area contributed by atoms with Crippen LogP contribution in [-0.4, -0.2) is 68.0 Å². The summed E-state index contributed by atoms with van der Waals surface area (Å²) in [5.74, 6) is 1.05. The number of hydrogen-bond donors (Lipinski definition) is 1. The van der Waals surface area contributed by atoms with Crippen molar-refractivity contribution in [1.82, 2.24) is 29.1 Å². The van der Waals surface area contributed by atoms with Gasteiger partial charge in [-0.25, -0.2) is 28.2 Å². The number of imidazole rings is 1. The maximum Gasteiger partial charge on any atom is 0.256 e. The van der Waals surface area contributed by atoms with Gasteiger partial charge in [-0.1, -0.05) is 0 Å². The lowest BCUT2D eigenvalue weighted by Gasteiger charge is -2.35. The first kappa shape index (κ1) is 21.7. The third kappa shape index (κ3) is 4.38. The first-order valence-electron chi connectivity index (χ1n) is 10.9. The van der Waals surface area contributed by atoms with E-state index in [1.165, 1.54) is 4.57 Å². The van der Waals surface area contributed by atoms with Crippen LogP contribution in [0.3, 0.4) is 0 Å². The van der Waals surface area contributed by atoms with E-state index in [-0.39, 0.29) is 12.1 Å². The summed E-state index contributed by atoms with van der Waals surface area (Å²) in [7, 11) is 1.66. The van der Waals surface area contributed by atoms with Crippen molar-refractivity contribution in [2.24, 2.45) is 0 Å². The molecule has 0 bridgehead atoms. The Hall–Kier alpha value is -3.18. The van der Waals surface area contributed by atoms with Gasteiger partial charge >= 0.3 is 0 Å². The first-order valence-corrected chi connectivity index (χ1v) is 10.9. The molecular formula is C22H25F2N7O2. The van der Waals surface area contributed by atoms with Crippen LogP contribution in [-0.2, 0) is 16.0 Å². The van der Waals surface area contributed by atoms with Gasteiger partial charge in [0, 0.05) is 24.9 Å². The van der Waals surface area contributed by atoms with E-state index >= 15 is 0 Å². The highest BCUT2D eigenvalue weighted by molar-refractivity contribution is 5.82. The fourth-order valence-electron chi connectivity index (χ4n) is 4.10.